The molecule has 0 aliphatic rings. The second-order valence-corrected chi connectivity index (χ2v) is 5.32. The van der Waals surface area contributed by atoms with Gasteiger partial charge in [0.2, 0.25) is 0 Å². The summed E-state index contributed by atoms with van der Waals surface area (Å²) in [6, 6.07) is 4.94. The summed E-state index contributed by atoms with van der Waals surface area (Å²) in [5.74, 6) is 0. The Kier molecular flexibility index (Phi) is 4.64. The van der Waals surface area contributed by atoms with E-state index >= 15 is 0 Å². The van der Waals surface area contributed by atoms with Crippen molar-refractivity contribution in [2.75, 3.05) is 11.9 Å². The Morgan fingerprint density at radius 1 is 1.30 bits per heavy atom. The predicted octanol–water partition coefficient (Wildman–Crippen LogP) is 3.58. The maximum Gasteiger partial charge on any atom is 0.416 e. The molecule has 2 rings (SSSR count). The standard InChI is InChI=1S/C16H17F3N4/c1-10-14(11(2)23(3)22-10)6-7-21-15-5-4-13(16(17,18)19)8-12(15)9-20/h4-5,8,21H,6-7H2,1-3H3. The lowest BCUT2D eigenvalue weighted by molar-refractivity contribution is -0.137. The average Bonchev–Trinajstić information content (AvgIpc) is 2.72. The normalized spacial score (nSPS) is 11.3. The van der Waals surface area contributed by atoms with Crippen LogP contribution in [0.3, 0.4) is 0 Å². The molecule has 23 heavy (non-hydrogen) atoms. The van der Waals surface area contributed by atoms with Crippen LogP contribution in [0.25, 0.3) is 0 Å². The van der Waals surface area contributed by atoms with Gasteiger partial charge in [0.1, 0.15) is 6.07 Å². The summed E-state index contributed by atoms with van der Waals surface area (Å²) in [6.07, 6.45) is -3.77. The third kappa shape index (κ3) is 3.65. The molecule has 0 aliphatic carbocycles. The minimum Gasteiger partial charge on any atom is -0.384 e. The second kappa shape index (κ2) is 6.32. The van der Waals surface area contributed by atoms with Crippen molar-refractivity contribution >= 4 is 5.69 Å². The van der Waals surface area contributed by atoms with Crippen LogP contribution in [0.4, 0.5) is 18.9 Å². The zero-order chi connectivity index (χ0) is 17.2. The number of hydrogen-bond acceptors (Lipinski definition) is 3. The zero-order valence-corrected chi connectivity index (χ0v) is 13.1. The van der Waals surface area contributed by atoms with Crippen LogP contribution in [0.15, 0.2) is 18.2 Å². The number of nitriles is 1. The molecule has 2 aromatic rings. The van der Waals surface area contributed by atoms with Gasteiger partial charge in [-0.3, -0.25) is 4.68 Å². The van der Waals surface area contributed by atoms with Gasteiger partial charge >= 0.3 is 6.18 Å². The molecule has 0 spiro atoms. The van der Waals surface area contributed by atoms with Crippen LogP contribution >= 0.6 is 0 Å². The van der Waals surface area contributed by atoms with Crippen molar-refractivity contribution < 1.29 is 13.2 Å². The third-order valence-electron chi connectivity index (χ3n) is 3.82. The molecule has 0 radical (unpaired) electrons. The van der Waals surface area contributed by atoms with Gasteiger partial charge in [-0.2, -0.15) is 23.5 Å². The molecule has 1 aromatic carbocycles. The Balaban J connectivity index is 2.11. The summed E-state index contributed by atoms with van der Waals surface area (Å²) < 4.78 is 39.8. The van der Waals surface area contributed by atoms with Gasteiger partial charge in [-0.25, -0.2) is 0 Å². The van der Waals surface area contributed by atoms with E-state index in [2.05, 4.69) is 10.4 Å². The monoisotopic (exact) mass is 322 g/mol. The number of aromatic nitrogens is 2. The Hall–Kier alpha value is -2.49. The van der Waals surface area contributed by atoms with Crippen molar-refractivity contribution in [3.05, 3.63) is 46.3 Å². The fourth-order valence-electron chi connectivity index (χ4n) is 2.47. The third-order valence-corrected chi connectivity index (χ3v) is 3.82. The van der Waals surface area contributed by atoms with E-state index in [0.717, 1.165) is 29.1 Å². The van der Waals surface area contributed by atoms with Crippen LogP contribution in [0.5, 0.6) is 0 Å². The number of nitrogens with zero attached hydrogens (tertiary/aromatic N) is 3. The summed E-state index contributed by atoms with van der Waals surface area (Å²) in [6.45, 7) is 4.39. The first-order valence-corrected chi connectivity index (χ1v) is 7.08. The summed E-state index contributed by atoms with van der Waals surface area (Å²) in [5.41, 5.74) is 2.65. The predicted molar refractivity (Wildman–Crippen MR) is 81.0 cm³/mol. The average molecular weight is 322 g/mol. The highest BCUT2D eigenvalue weighted by atomic mass is 19.4. The minimum absolute atomic E-state index is 0.0144. The quantitative estimate of drug-likeness (QED) is 0.936. The topological polar surface area (TPSA) is 53.6 Å². The fraction of sp³-hybridized carbons (Fsp3) is 0.375. The summed E-state index contributed by atoms with van der Waals surface area (Å²) >= 11 is 0. The van der Waals surface area contributed by atoms with Gasteiger partial charge in [-0.15, -0.1) is 0 Å². The van der Waals surface area contributed by atoms with Gasteiger partial charge in [-0.05, 0) is 44.0 Å². The molecule has 1 N–H and O–H groups in total. The first-order valence-electron chi connectivity index (χ1n) is 7.08. The minimum atomic E-state index is -4.45. The molecule has 0 unspecified atom stereocenters. The van der Waals surface area contributed by atoms with E-state index in [9.17, 15) is 13.2 Å². The number of anilines is 1. The summed E-state index contributed by atoms with van der Waals surface area (Å²) in [7, 11) is 1.86. The van der Waals surface area contributed by atoms with Crippen molar-refractivity contribution in [2.24, 2.45) is 7.05 Å². The summed E-state index contributed by atoms with van der Waals surface area (Å²) in [5, 5.41) is 16.4. The van der Waals surface area contributed by atoms with Gasteiger partial charge in [0.25, 0.3) is 0 Å². The van der Waals surface area contributed by atoms with Crippen LogP contribution in [-0.2, 0) is 19.6 Å². The van der Waals surface area contributed by atoms with Gasteiger partial charge in [-0.1, -0.05) is 0 Å². The number of alkyl halides is 3. The van der Waals surface area contributed by atoms with E-state index in [1.54, 1.807) is 10.8 Å². The molecule has 122 valence electrons. The molecule has 4 nitrogen and oxygen atoms in total. The number of aryl methyl sites for hydroxylation is 2. The molecule has 1 heterocycles. The maximum absolute atomic E-state index is 12.7. The Labute approximate surface area is 132 Å². The highest BCUT2D eigenvalue weighted by Gasteiger charge is 2.31. The molecular formula is C16H17F3N4. The van der Waals surface area contributed by atoms with Crippen LogP contribution in [0.1, 0.15) is 28.1 Å². The Morgan fingerprint density at radius 2 is 2.00 bits per heavy atom. The largest absolute Gasteiger partial charge is 0.416 e. The molecule has 0 saturated heterocycles. The fourth-order valence-corrected chi connectivity index (χ4v) is 2.47. The van der Waals surface area contributed by atoms with Crippen molar-refractivity contribution in [3.63, 3.8) is 0 Å². The second-order valence-electron chi connectivity index (χ2n) is 5.32. The molecule has 0 saturated carbocycles. The summed E-state index contributed by atoms with van der Waals surface area (Å²) in [4.78, 5) is 0. The van der Waals surface area contributed by atoms with E-state index in [1.807, 2.05) is 20.9 Å². The van der Waals surface area contributed by atoms with Crippen LogP contribution in [-0.4, -0.2) is 16.3 Å². The number of benzene rings is 1. The lowest BCUT2D eigenvalue weighted by atomic mass is 10.1. The smallest absolute Gasteiger partial charge is 0.384 e. The van der Waals surface area contributed by atoms with Crippen LogP contribution in [0.2, 0.25) is 0 Å². The Morgan fingerprint density at radius 3 is 2.52 bits per heavy atom. The van der Waals surface area contributed by atoms with Gasteiger partial charge in [0, 0.05) is 19.3 Å². The van der Waals surface area contributed by atoms with Gasteiger partial charge in [0.15, 0.2) is 0 Å². The number of rotatable bonds is 4. The highest BCUT2D eigenvalue weighted by molar-refractivity contribution is 5.59. The SMILES string of the molecule is Cc1nn(C)c(C)c1CCNc1ccc(C(F)(F)F)cc1C#N. The first kappa shape index (κ1) is 16.9. The maximum atomic E-state index is 12.7. The number of halogens is 3. The van der Waals surface area contributed by atoms with Crippen molar-refractivity contribution in [1.29, 1.82) is 5.26 Å². The van der Waals surface area contributed by atoms with Crippen molar-refractivity contribution in [2.45, 2.75) is 26.4 Å². The Bertz CT molecular complexity index is 754. The number of nitrogens with one attached hydrogen (secondary N) is 1. The van der Waals surface area contributed by atoms with Crippen molar-refractivity contribution in [3.8, 4) is 6.07 Å². The van der Waals surface area contributed by atoms with Gasteiger partial charge in [0.05, 0.1) is 22.5 Å². The zero-order valence-electron chi connectivity index (χ0n) is 13.1. The van der Waals surface area contributed by atoms with Crippen LogP contribution < -0.4 is 5.32 Å². The highest BCUT2D eigenvalue weighted by Crippen LogP contribution is 2.31. The van der Waals surface area contributed by atoms with E-state index in [1.165, 1.54) is 6.07 Å². The van der Waals surface area contributed by atoms with Gasteiger partial charge < -0.3 is 5.32 Å². The molecule has 1 aromatic heterocycles. The lowest BCUT2D eigenvalue weighted by Crippen LogP contribution is -2.10. The van der Waals surface area contributed by atoms with E-state index in [4.69, 9.17) is 5.26 Å². The van der Waals surface area contributed by atoms with E-state index in [0.29, 0.717) is 18.7 Å². The van der Waals surface area contributed by atoms with E-state index < -0.39 is 11.7 Å². The first-order chi connectivity index (χ1) is 10.7. The number of hydrogen-bond donors (Lipinski definition) is 1. The molecule has 7 heteroatoms. The lowest BCUT2D eigenvalue weighted by Gasteiger charge is -2.12. The van der Waals surface area contributed by atoms with Crippen LogP contribution in [0, 0.1) is 25.2 Å². The molecule has 0 bridgehead atoms. The van der Waals surface area contributed by atoms with E-state index in [-0.39, 0.29) is 5.56 Å². The van der Waals surface area contributed by atoms with Crippen molar-refractivity contribution in [1.82, 2.24) is 9.78 Å². The molecule has 0 atom stereocenters. The molecule has 0 amide bonds. The molecule has 0 aliphatic heterocycles. The molecular weight excluding hydrogens is 305 g/mol. The molecule has 0 fully saturated rings.